The van der Waals surface area contributed by atoms with E-state index in [0.717, 1.165) is 0 Å². The average molecular weight is 318 g/mol. The van der Waals surface area contributed by atoms with Gasteiger partial charge in [-0.2, -0.15) is 0 Å². The summed E-state index contributed by atoms with van der Waals surface area (Å²) in [4.78, 5) is 0. The third kappa shape index (κ3) is 6.21. The van der Waals surface area contributed by atoms with Crippen molar-refractivity contribution < 1.29 is 25.6 Å². The van der Waals surface area contributed by atoms with E-state index in [1.54, 1.807) is 0 Å². The molecule has 0 aromatic carbocycles. The van der Waals surface area contributed by atoms with Gasteiger partial charge in [-0.05, 0) is 25.7 Å². The second kappa shape index (κ2) is 9.09. The molecule has 0 amide bonds. The summed E-state index contributed by atoms with van der Waals surface area (Å²) >= 11 is 0. The smallest absolute Gasteiger partial charge is 0 e. The molecule has 0 bridgehead atoms. The van der Waals surface area contributed by atoms with Gasteiger partial charge in [-0.3, -0.25) is 0 Å². The summed E-state index contributed by atoms with van der Waals surface area (Å²) < 4.78 is 0. The van der Waals surface area contributed by atoms with Crippen LogP contribution in [0, 0.1) is 0 Å². The van der Waals surface area contributed by atoms with Gasteiger partial charge in [0.25, 0.3) is 0 Å². The van der Waals surface area contributed by atoms with E-state index >= 15 is 0 Å². The SMILES string of the molecule is C1=CCCCCC=C1.O.[Ir]. The second-order valence-electron chi connectivity index (χ2n) is 2.14. The fourth-order valence-electron chi connectivity index (χ4n) is 0.874. The Balaban J connectivity index is 0. The summed E-state index contributed by atoms with van der Waals surface area (Å²) in [6, 6.07) is 0. The summed E-state index contributed by atoms with van der Waals surface area (Å²) in [6.45, 7) is 0. The van der Waals surface area contributed by atoms with Gasteiger partial charge in [0.15, 0.2) is 0 Å². The summed E-state index contributed by atoms with van der Waals surface area (Å²) in [6.07, 6.45) is 14.0. The molecule has 2 heteroatoms. The molecule has 0 aromatic heterocycles. The van der Waals surface area contributed by atoms with Gasteiger partial charge in [0.1, 0.15) is 0 Å². The zero-order chi connectivity index (χ0) is 5.66. The van der Waals surface area contributed by atoms with Crippen LogP contribution in [0.2, 0.25) is 0 Å². The number of hydrogen-bond donors (Lipinski definition) is 0. The Morgan fingerprint density at radius 3 is 1.60 bits per heavy atom. The van der Waals surface area contributed by atoms with Crippen molar-refractivity contribution in [1.82, 2.24) is 0 Å². The third-order valence-corrected chi connectivity index (χ3v) is 1.37. The molecule has 0 spiro atoms. The molecule has 0 heterocycles. The maximum Gasteiger partial charge on any atom is 0 e. The monoisotopic (exact) mass is 319 g/mol. The molecular weight excluding hydrogens is 304 g/mol. The number of rotatable bonds is 0. The molecule has 1 aliphatic carbocycles. The molecule has 1 radical (unpaired) electrons. The molecule has 1 aliphatic rings. The van der Waals surface area contributed by atoms with Crippen LogP contribution in [-0.2, 0) is 20.1 Å². The third-order valence-electron chi connectivity index (χ3n) is 1.37. The van der Waals surface area contributed by atoms with Crippen molar-refractivity contribution >= 4 is 0 Å². The molecule has 0 unspecified atom stereocenters. The molecule has 0 aliphatic heterocycles. The zero-order valence-corrected chi connectivity index (χ0v) is 8.37. The molecule has 2 N–H and O–H groups in total. The van der Waals surface area contributed by atoms with Crippen LogP contribution in [0.25, 0.3) is 0 Å². The van der Waals surface area contributed by atoms with Crippen molar-refractivity contribution in [3.63, 3.8) is 0 Å². The van der Waals surface area contributed by atoms with Gasteiger partial charge in [-0.1, -0.05) is 24.3 Å². The molecule has 1 rings (SSSR count). The summed E-state index contributed by atoms with van der Waals surface area (Å²) in [5.74, 6) is 0. The Hall–Kier alpha value is 0.0894. The minimum Gasteiger partial charge on any atom is -0.412 e. The fraction of sp³-hybridized carbons (Fsp3) is 0.500. The summed E-state index contributed by atoms with van der Waals surface area (Å²) in [5, 5.41) is 0. The van der Waals surface area contributed by atoms with Gasteiger partial charge >= 0.3 is 0 Å². The first-order valence-electron chi connectivity index (χ1n) is 3.32. The molecule has 10 heavy (non-hydrogen) atoms. The van der Waals surface area contributed by atoms with Gasteiger partial charge in [0, 0.05) is 20.1 Å². The van der Waals surface area contributed by atoms with Crippen LogP contribution in [0.5, 0.6) is 0 Å². The van der Waals surface area contributed by atoms with Gasteiger partial charge in [0.2, 0.25) is 0 Å². The molecule has 0 fully saturated rings. The molecule has 0 atom stereocenters. The Morgan fingerprint density at radius 1 is 0.800 bits per heavy atom. The molecule has 1 nitrogen and oxygen atoms in total. The first kappa shape index (κ1) is 12.7. The van der Waals surface area contributed by atoms with E-state index in [4.69, 9.17) is 0 Å². The van der Waals surface area contributed by atoms with Crippen LogP contribution in [0.3, 0.4) is 0 Å². The fourth-order valence-corrected chi connectivity index (χ4v) is 0.874. The van der Waals surface area contributed by atoms with Crippen molar-refractivity contribution in [1.29, 1.82) is 0 Å². The Kier molecular flexibility index (Phi) is 11.6. The molecular formula is C8H14IrO. The van der Waals surface area contributed by atoms with E-state index in [2.05, 4.69) is 24.3 Å². The van der Waals surface area contributed by atoms with Crippen LogP contribution in [0.15, 0.2) is 24.3 Å². The second-order valence-corrected chi connectivity index (χ2v) is 2.14. The van der Waals surface area contributed by atoms with Gasteiger partial charge in [-0.15, -0.1) is 0 Å². The molecule has 0 saturated carbocycles. The molecule has 61 valence electrons. The first-order valence-corrected chi connectivity index (χ1v) is 3.32. The van der Waals surface area contributed by atoms with Crippen molar-refractivity contribution in [2.75, 3.05) is 0 Å². The topological polar surface area (TPSA) is 31.5 Å². The maximum absolute atomic E-state index is 2.23. The Bertz CT molecular complexity index is 93.8. The first-order chi connectivity index (χ1) is 4.00. The normalized spacial score (nSPS) is 16.0. The van der Waals surface area contributed by atoms with E-state index in [-0.39, 0.29) is 25.6 Å². The number of hydrogen-bond acceptors (Lipinski definition) is 0. The van der Waals surface area contributed by atoms with Crippen molar-refractivity contribution in [2.24, 2.45) is 0 Å². The van der Waals surface area contributed by atoms with Crippen LogP contribution in [0.4, 0.5) is 0 Å². The van der Waals surface area contributed by atoms with E-state index in [1.165, 1.54) is 25.7 Å². The van der Waals surface area contributed by atoms with Gasteiger partial charge < -0.3 is 5.48 Å². The van der Waals surface area contributed by atoms with Crippen molar-refractivity contribution in [3.8, 4) is 0 Å². The predicted molar refractivity (Wildman–Crippen MR) is 40.4 cm³/mol. The minimum absolute atomic E-state index is 0. The van der Waals surface area contributed by atoms with Crippen LogP contribution in [-0.4, -0.2) is 5.48 Å². The van der Waals surface area contributed by atoms with Gasteiger partial charge in [-0.25, -0.2) is 0 Å². The predicted octanol–water partition coefficient (Wildman–Crippen LogP) is 1.85. The average Bonchev–Trinajstić information content (AvgIpc) is 1.62. The van der Waals surface area contributed by atoms with E-state index < -0.39 is 0 Å². The Morgan fingerprint density at radius 2 is 1.20 bits per heavy atom. The van der Waals surface area contributed by atoms with Gasteiger partial charge in [0.05, 0.1) is 0 Å². The van der Waals surface area contributed by atoms with Crippen molar-refractivity contribution in [3.05, 3.63) is 24.3 Å². The van der Waals surface area contributed by atoms with E-state index in [1.807, 2.05) is 0 Å². The van der Waals surface area contributed by atoms with Crippen LogP contribution in [0.1, 0.15) is 25.7 Å². The summed E-state index contributed by atoms with van der Waals surface area (Å²) in [5.41, 5.74) is 0. The zero-order valence-electron chi connectivity index (χ0n) is 5.97. The maximum atomic E-state index is 2.23. The van der Waals surface area contributed by atoms with Crippen LogP contribution >= 0.6 is 0 Å². The quantitative estimate of drug-likeness (QED) is 0.653. The van der Waals surface area contributed by atoms with Crippen molar-refractivity contribution in [2.45, 2.75) is 25.7 Å². The standard InChI is InChI=1S/C8H12.Ir.H2O/c1-2-4-6-8-7-5-3-1;;/h1-4H,5-8H2;;1H2. The van der Waals surface area contributed by atoms with E-state index in [0.29, 0.717) is 0 Å². The summed E-state index contributed by atoms with van der Waals surface area (Å²) in [7, 11) is 0. The van der Waals surface area contributed by atoms with Crippen LogP contribution < -0.4 is 0 Å². The van der Waals surface area contributed by atoms with E-state index in [9.17, 15) is 0 Å². The molecule has 0 saturated heterocycles. The molecule has 0 aromatic rings. The Labute approximate surface area is 75.9 Å². The largest absolute Gasteiger partial charge is 0.412 e. The number of allylic oxidation sites excluding steroid dienone is 4. The minimum atomic E-state index is 0.